The molecule has 1 N–H and O–H groups in total. The number of carbonyl (C=O) groups is 2. The minimum atomic E-state index is -0.365. The summed E-state index contributed by atoms with van der Waals surface area (Å²) in [6.45, 7) is 2.05. The van der Waals surface area contributed by atoms with E-state index >= 15 is 0 Å². The summed E-state index contributed by atoms with van der Waals surface area (Å²) in [7, 11) is 0. The average Bonchev–Trinajstić information content (AvgIpc) is 3.09. The Morgan fingerprint density at radius 2 is 1.97 bits per heavy atom. The van der Waals surface area contributed by atoms with Gasteiger partial charge in [-0.2, -0.15) is 5.10 Å². The summed E-state index contributed by atoms with van der Waals surface area (Å²) in [6, 6.07) is 14.0. The van der Waals surface area contributed by atoms with Crippen LogP contribution in [0.1, 0.15) is 29.4 Å². The number of para-hydroxylation sites is 1. The summed E-state index contributed by atoms with van der Waals surface area (Å²) in [5.74, 6) is -0.531. The third kappa shape index (κ3) is 3.98. The smallest absolute Gasteiger partial charge is 0.278 e. The van der Waals surface area contributed by atoms with Crippen molar-refractivity contribution in [3.8, 4) is 0 Å². The molecular formula is C22H21N5O3. The molecule has 8 nitrogen and oxygen atoms in total. The molecule has 1 aromatic carbocycles. The fourth-order valence-corrected chi connectivity index (χ4v) is 3.59. The van der Waals surface area contributed by atoms with Crippen LogP contribution in [0.3, 0.4) is 0 Å². The van der Waals surface area contributed by atoms with Gasteiger partial charge in [-0.15, -0.1) is 0 Å². The summed E-state index contributed by atoms with van der Waals surface area (Å²) in [6.07, 6.45) is 3.97. The molecule has 30 heavy (non-hydrogen) atoms. The Bertz CT molecular complexity index is 1140. The fourth-order valence-electron chi connectivity index (χ4n) is 3.59. The molecule has 0 aliphatic carbocycles. The molecule has 8 heteroatoms. The molecule has 0 bridgehead atoms. The van der Waals surface area contributed by atoms with E-state index < -0.39 is 0 Å². The molecule has 0 saturated heterocycles. The zero-order chi connectivity index (χ0) is 21.1. The Balaban J connectivity index is 1.49. The van der Waals surface area contributed by atoms with Crippen LogP contribution in [-0.4, -0.2) is 32.6 Å². The van der Waals surface area contributed by atoms with Crippen LogP contribution in [-0.2, 0) is 17.8 Å². The number of aryl methyl sites for hydroxylation is 1. The van der Waals surface area contributed by atoms with Gasteiger partial charge in [0.15, 0.2) is 0 Å². The molecule has 0 fully saturated rings. The Morgan fingerprint density at radius 3 is 2.77 bits per heavy atom. The van der Waals surface area contributed by atoms with Gasteiger partial charge in [-0.1, -0.05) is 18.2 Å². The van der Waals surface area contributed by atoms with E-state index in [1.54, 1.807) is 23.2 Å². The lowest BCUT2D eigenvalue weighted by atomic mass is 10.1. The number of anilines is 2. The van der Waals surface area contributed by atoms with E-state index in [9.17, 15) is 14.4 Å². The summed E-state index contributed by atoms with van der Waals surface area (Å²) >= 11 is 0. The SMILES string of the molecule is C[C@@H]1Cc2ccccc2N1C(=O)c1ccc(=O)n(CCC(=O)Nc2cccnc2)n1. The van der Waals surface area contributed by atoms with Crippen LogP contribution in [0.15, 0.2) is 65.7 Å². The van der Waals surface area contributed by atoms with Crippen molar-refractivity contribution in [1.82, 2.24) is 14.8 Å². The monoisotopic (exact) mass is 403 g/mol. The number of carbonyl (C=O) groups excluding carboxylic acids is 2. The number of benzene rings is 1. The van der Waals surface area contributed by atoms with Crippen molar-refractivity contribution in [3.63, 3.8) is 0 Å². The van der Waals surface area contributed by atoms with E-state index in [4.69, 9.17) is 0 Å². The van der Waals surface area contributed by atoms with Crippen molar-refractivity contribution in [2.75, 3.05) is 10.2 Å². The first kappa shape index (κ1) is 19.5. The lowest BCUT2D eigenvalue weighted by Crippen LogP contribution is -2.37. The Labute approximate surface area is 173 Å². The third-order valence-corrected chi connectivity index (χ3v) is 5.01. The standard InChI is InChI=1S/C22H21N5O3/c1-15-13-16-5-2-3-7-19(16)27(15)22(30)18-8-9-21(29)26(25-18)12-10-20(28)24-17-6-4-11-23-14-17/h2-9,11,14-15H,10,12-13H2,1H3,(H,24,28)/t15-/m1/s1. The lowest BCUT2D eigenvalue weighted by Gasteiger charge is -2.22. The predicted molar refractivity (Wildman–Crippen MR) is 112 cm³/mol. The predicted octanol–water partition coefficient (Wildman–Crippen LogP) is 2.26. The average molecular weight is 403 g/mol. The van der Waals surface area contributed by atoms with E-state index in [1.807, 2.05) is 31.2 Å². The Kier molecular flexibility index (Phi) is 5.38. The van der Waals surface area contributed by atoms with Crippen LogP contribution in [0, 0.1) is 0 Å². The van der Waals surface area contributed by atoms with Crippen LogP contribution in [0.4, 0.5) is 11.4 Å². The molecule has 1 aliphatic heterocycles. The molecule has 152 valence electrons. The van der Waals surface area contributed by atoms with Crippen LogP contribution in [0.2, 0.25) is 0 Å². The number of aromatic nitrogens is 3. The molecule has 1 aliphatic rings. The number of fused-ring (bicyclic) bond motifs is 1. The van der Waals surface area contributed by atoms with Crippen molar-refractivity contribution < 1.29 is 9.59 Å². The van der Waals surface area contributed by atoms with Gasteiger partial charge >= 0.3 is 0 Å². The maximum atomic E-state index is 13.1. The van der Waals surface area contributed by atoms with E-state index in [0.29, 0.717) is 5.69 Å². The maximum Gasteiger partial charge on any atom is 0.278 e. The molecule has 2 aromatic heterocycles. The van der Waals surface area contributed by atoms with Gasteiger partial charge in [0.1, 0.15) is 5.69 Å². The molecule has 2 amide bonds. The van der Waals surface area contributed by atoms with Gasteiger partial charge in [-0.3, -0.25) is 19.4 Å². The van der Waals surface area contributed by atoms with Crippen LogP contribution >= 0.6 is 0 Å². The van der Waals surface area contributed by atoms with Gasteiger partial charge in [0.05, 0.1) is 18.4 Å². The van der Waals surface area contributed by atoms with Crippen molar-refractivity contribution in [2.24, 2.45) is 0 Å². The van der Waals surface area contributed by atoms with Gasteiger partial charge in [-0.25, -0.2) is 4.68 Å². The normalized spacial score (nSPS) is 15.0. The zero-order valence-corrected chi connectivity index (χ0v) is 16.5. The molecule has 0 radical (unpaired) electrons. The van der Waals surface area contributed by atoms with E-state index in [0.717, 1.165) is 22.4 Å². The minimum absolute atomic E-state index is 0.00216. The molecular weight excluding hydrogens is 382 g/mol. The molecule has 3 aromatic rings. The summed E-state index contributed by atoms with van der Waals surface area (Å²) in [5.41, 5.74) is 2.36. The van der Waals surface area contributed by atoms with Gasteiger partial charge in [-0.05, 0) is 43.2 Å². The quantitative estimate of drug-likeness (QED) is 0.705. The molecule has 4 rings (SSSR count). The Morgan fingerprint density at radius 1 is 1.13 bits per heavy atom. The van der Waals surface area contributed by atoms with E-state index in [2.05, 4.69) is 15.4 Å². The lowest BCUT2D eigenvalue weighted by molar-refractivity contribution is -0.116. The van der Waals surface area contributed by atoms with Gasteiger partial charge in [0.2, 0.25) is 5.91 Å². The number of hydrogen-bond donors (Lipinski definition) is 1. The second kappa shape index (κ2) is 8.28. The minimum Gasteiger partial charge on any atom is -0.325 e. The molecule has 1 atom stereocenters. The highest BCUT2D eigenvalue weighted by atomic mass is 16.2. The second-order valence-electron chi connectivity index (χ2n) is 7.18. The number of nitrogens with zero attached hydrogens (tertiary/aromatic N) is 4. The van der Waals surface area contributed by atoms with Crippen molar-refractivity contribution in [2.45, 2.75) is 32.4 Å². The highest BCUT2D eigenvalue weighted by Crippen LogP contribution is 2.32. The highest BCUT2D eigenvalue weighted by Gasteiger charge is 2.32. The highest BCUT2D eigenvalue weighted by molar-refractivity contribution is 6.06. The molecule has 0 saturated carbocycles. The van der Waals surface area contributed by atoms with Crippen molar-refractivity contribution in [1.29, 1.82) is 0 Å². The van der Waals surface area contributed by atoms with Gasteiger partial charge in [0, 0.05) is 30.4 Å². The first-order valence-corrected chi connectivity index (χ1v) is 9.72. The van der Waals surface area contributed by atoms with Gasteiger partial charge in [0.25, 0.3) is 11.5 Å². The van der Waals surface area contributed by atoms with E-state index in [-0.39, 0.29) is 42.1 Å². The fraction of sp³-hybridized carbons (Fsp3) is 0.227. The first-order chi connectivity index (χ1) is 14.5. The van der Waals surface area contributed by atoms with Crippen LogP contribution in [0.5, 0.6) is 0 Å². The zero-order valence-electron chi connectivity index (χ0n) is 16.5. The molecule has 3 heterocycles. The summed E-state index contributed by atoms with van der Waals surface area (Å²) in [4.78, 5) is 43.1. The van der Waals surface area contributed by atoms with E-state index in [1.165, 1.54) is 18.3 Å². The first-order valence-electron chi connectivity index (χ1n) is 9.72. The van der Waals surface area contributed by atoms with Crippen molar-refractivity contribution in [3.05, 3.63) is 82.5 Å². The topological polar surface area (TPSA) is 97.2 Å². The largest absolute Gasteiger partial charge is 0.325 e. The number of hydrogen-bond acceptors (Lipinski definition) is 5. The van der Waals surface area contributed by atoms with Crippen molar-refractivity contribution >= 4 is 23.2 Å². The van der Waals surface area contributed by atoms with Crippen LogP contribution in [0.25, 0.3) is 0 Å². The number of amides is 2. The maximum absolute atomic E-state index is 13.1. The van der Waals surface area contributed by atoms with Gasteiger partial charge < -0.3 is 10.2 Å². The third-order valence-electron chi connectivity index (χ3n) is 5.01. The number of rotatable bonds is 5. The number of nitrogens with one attached hydrogen (secondary N) is 1. The van der Waals surface area contributed by atoms with Crippen LogP contribution < -0.4 is 15.8 Å². The molecule has 0 unspecified atom stereocenters. The molecule has 0 spiro atoms. The summed E-state index contributed by atoms with van der Waals surface area (Å²) < 4.78 is 1.16. The Hall–Kier alpha value is -3.81. The number of pyridine rings is 1. The second-order valence-corrected chi connectivity index (χ2v) is 7.18. The summed E-state index contributed by atoms with van der Waals surface area (Å²) in [5, 5.41) is 6.93.